The Bertz CT molecular complexity index is 737. The van der Waals surface area contributed by atoms with Crippen molar-refractivity contribution < 1.29 is 0 Å². The Labute approximate surface area is 144 Å². The maximum atomic E-state index is 8.95. The van der Waals surface area contributed by atoms with Gasteiger partial charge in [-0.3, -0.25) is 0 Å². The molecule has 0 N–H and O–H groups in total. The summed E-state index contributed by atoms with van der Waals surface area (Å²) in [5.41, 5.74) is 0. The van der Waals surface area contributed by atoms with Gasteiger partial charge in [0.2, 0.25) is 0 Å². The molecule has 0 radical (unpaired) electrons. The van der Waals surface area contributed by atoms with E-state index in [9.17, 15) is 0 Å². The molecule has 3 aromatic rings. The number of benzene rings is 3. The molecule has 0 atom stereocenters. The molecule has 0 heterocycles. The summed E-state index contributed by atoms with van der Waals surface area (Å²) in [5.74, 6) is 0. The normalized spacial score (nSPS) is 12.0. The van der Waals surface area contributed by atoms with Gasteiger partial charge in [0.15, 0.2) is 0 Å². The van der Waals surface area contributed by atoms with E-state index in [1.165, 1.54) is 15.9 Å². The van der Waals surface area contributed by atoms with Crippen LogP contribution in [0.4, 0.5) is 0 Å². The molecular weight excluding hydrogens is 309 g/mol. The van der Waals surface area contributed by atoms with Crippen LogP contribution < -0.4 is 15.9 Å². The van der Waals surface area contributed by atoms with Crippen molar-refractivity contribution in [3.8, 4) is 6.07 Å². The second-order valence-corrected chi connectivity index (χ2v) is 9.69. The van der Waals surface area contributed by atoms with Gasteiger partial charge in [0.05, 0.1) is 0 Å². The monoisotopic (exact) mass is 329 g/mol. The van der Waals surface area contributed by atoms with Gasteiger partial charge in [-0.25, -0.2) is 0 Å². The summed E-state index contributed by atoms with van der Waals surface area (Å²) in [6.45, 7) is 0. The van der Waals surface area contributed by atoms with Gasteiger partial charge >= 0.3 is 144 Å². The van der Waals surface area contributed by atoms with Crippen LogP contribution >= 0.6 is 7.26 Å². The number of hydrogen-bond donors (Lipinski definition) is 0. The Kier molecular flexibility index (Phi) is 5.22. The molecule has 0 amide bonds. The molecule has 0 aliphatic heterocycles. The van der Waals surface area contributed by atoms with Crippen LogP contribution in [0.5, 0.6) is 0 Å². The molecule has 3 rings (SSSR count). The first-order chi connectivity index (χ1) is 11.9. The van der Waals surface area contributed by atoms with E-state index in [1.54, 1.807) is 6.08 Å². The fourth-order valence-corrected chi connectivity index (χ4v) is 7.77. The van der Waals surface area contributed by atoms with Crippen LogP contribution in [0.25, 0.3) is 0 Å². The van der Waals surface area contributed by atoms with Gasteiger partial charge in [-0.2, -0.15) is 0 Å². The molecule has 0 aliphatic rings. The summed E-state index contributed by atoms with van der Waals surface area (Å²) in [5, 5.41) is 13.1. The Morgan fingerprint density at radius 2 is 1.04 bits per heavy atom. The van der Waals surface area contributed by atoms with Crippen molar-refractivity contribution in [2.45, 2.75) is 0 Å². The van der Waals surface area contributed by atoms with Crippen molar-refractivity contribution in [3.63, 3.8) is 0 Å². The molecule has 1 nitrogen and oxygen atoms in total. The van der Waals surface area contributed by atoms with Crippen LogP contribution in [0.3, 0.4) is 0 Å². The SMILES string of the molecule is N#CC=CC[PH](c1ccccc1)(c1ccccc1)c1ccccc1. The van der Waals surface area contributed by atoms with Crippen LogP contribution in [0.15, 0.2) is 103 Å². The Morgan fingerprint density at radius 1 is 0.667 bits per heavy atom. The van der Waals surface area contributed by atoms with E-state index in [0.29, 0.717) is 0 Å². The number of rotatable bonds is 5. The Morgan fingerprint density at radius 3 is 1.38 bits per heavy atom. The average Bonchev–Trinajstić information content (AvgIpc) is 2.68. The summed E-state index contributed by atoms with van der Waals surface area (Å²) in [6.07, 6.45) is 4.51. The van der Waals surface area contributed by atoms with E-state index in [-0.39, 0.29) is 0 Å². The van der Waals surface area contributed by atoms with Gasteiger partial charge < -0.3 is 0 Å². The van der Waals surface area contributed by atoms with Crippen molar-refractivity contribution in [1.82, 2.24) is 0 Å². The standard InChI is InChI=1S/C22H20NP/c23-18-10-11-19-24(20-12-4-1-5-13-20,21-14-6-2-7-15-21)22-16-8-3-9-17-22/h1-17,24H,19H2. The molecule has 0 unspecified atom stereocenters. The van der Waals surface area contributed by atoms with Gasteiger partial charge in [-0.1, -0.05) is 0 Å². The van der Waals surface area contributed by atoms with Crippen LogP contribution in [-0.2, 0) is 0 Å². The topological polar surface area (TPSA) is 23.8 Å². The molecule has 2 heteroatoms. The third kappa shape index (κ3) is 3.16. The predicted molar refractivity (Wildman–Crippen MR) is 106 cm³/mol. The molecule has 0 aromatic heterocycles. The zero-order chi connectivity index (χ0) is 16.7. The summed E-state index contributed by atoms with van der Waals surface area (Å²) < 4.78 is 0. The molecule has 118 valence electrons. The van der Waals surface area contributed by atoms with Crippen LogP contribution in [0, 0.1) is 11.3 Å². The fraction of sp³-hybridized carbons (Fsp3) is 0.0455. The first-order valence-electron chi connectivity index (χ1n) is 8.09. The molecule has 0 spiro atoms. The number of hydrogen-bond acceptors (Lipinski definition) is 1. The van der Waals surface area contributed by atoms with E-state index in [4.69, 9.17) is 5.26 Å². The van der Waals surface area contributed by atoms with Gasteiger partial charge in [-0.05, 0) is 0 Å². The zero-order valence-electron chi connectivity index (χ0n) is 13.5. The molecular formula is C22H20NP. The molecule has 0 saturated carbocycles. The summed E-state index contributed by atoms with van der Waals surface area (Å²) in [4.78, 5) is 0. The van der Waals surface area contributed by atoms with Gasteiger partial charge in [0, 0.05) is 0 Å². The van der Waals surface area contributed by atoms with Crippen LogP contribution in [0.1, 0.15) is 0 Å². The quantitative estimate of drug-likeness (QED) is 0.516. The van der Waals surface area contributed by atoms with Gasteiger partial charge in [0.1, 0.15) is 0 Å². The van der Waals surface area contributed by atoms with Crippen molar-refractivity contribution >= 4 is 23.2 Å². The molecule has 0 saturated heterocycles. The Hall–Kier alpha value is -2.68. The fourth-order valence-electron chi connectivity index (χ4n) is 3.31. The predicted octanol–water partition coefficient (Wildman–Crippen LogP) is 3.79. The molecule has 0 bridgehead atoms. The van der Waals surface area contributed by atoms with Crippen molar-refractivity contribution in [2.75, 3.05) is 6.16 Å². The molecule has 24 heavy (non-hydrogen) atoms. The summed E-state index contributed by atoms with van der Waals surface area (Å²) >= 11 is 0. The van der Waals surface area contributed by atoms with Crippen LogP contribution in [0.2, 0.25) is 0 Å². The Balaban J connectivity index is 2.28. The third-order valence-corrected chi connectivity index (χ3v) is 9.22. The van der Waals surface area contributed by atoms with E-state index in [0.717, 1.165) is 6.16 Å². The van der Waals surface area contributed by atoms with Crippen molar-refractivity contribution in [2.24, 2.45) is 0 Å². The van der Waals surface area contributed by atoms with E-state index < -0.39 is 7.26 Å². The number of nitrogens with zero attached hydrogens (tertiary/aromatic N) is 1. The van der Waals surface area contributed by atoms with Crippen molar-refractivity contribution in [3.05, 3.63) is 103 Å². The minimum atomic E-state index is -2.20. The van der Waals surface area contributed by atoms with Crippen molar-refractivity contribution in [1.29, 1.82) is 5.26 Å². The molecule has 0 fully saturated rings. The van der Waals surface area contributed by atoms with Gasteiger partial charge in [0.25, 0.3) is 0 Å². The van der Waals surface area contributed by atoms with E-state index >= 15 is 0 Å². The minimum absolute atomic E-state index is 0.874. The number of allylic oxidation sites excluding steroid dienone is 2. The van der Waals surface area contributed by atoms with E-state index in [2.05, 4.69) is 97.1 Å². The second kappa shape index (κ2) is 7.73. The van der Waals surface area contributed by atoms with E-state index in [1.807, 2.05) is 6.08 Å². The molecule has 0 aliphatic carbocycles. The maximum absolute atomic E-state index is 8.95. The first kappa shape index (κ1) is 16.2. The third-order valence-electron chi connectivity index (χ3n) is 4.42. The summed E-state index contributed by atoms with van der Waals surface area (Å²) in [6, 6.07) is 34.3. The van der Waals surface area contributed by atoms with Gasteiger partial charge in [-0.15, -0.1) is 0 Å². The zero-order valence-corrected chi connectivity index (χ0v) is 14.5. The van der Waals surface area contributed by atoms with Crippen LogP contribution in [-0.4, -0.2) is 6.16 Å². The molecule has 3 aromatic carbocycles. The average molecular weight is 329 g/mol. The first-order valence-corrected chi connectivity index (χ1v) is 10.3. The number of nitriles is 1. The summed E-state index contributed by atoms with van der Waals surface area (Å²) in [7, 11) is -2.20. The second-order valence-electron chi connectivity index (χ2n) is 5.74.